The summed E-state index contributed by atoms with van der Waals surface area (Å²) in [5.41, 5.74) is 3.01. The summed E-state index contributed by atoms with van der Waals surface area (Å²) in [5.74, 6) is 0. The highest BCUT2D eigenvalue weighted by Gasteiger charge is 2.40. The number of alkyl halides is 6. The van der Waals surface area contributed by atoms with Gasteiger partial charge >= 0.3 is 12.4 Å². The van der Waals surface area contributed by atoms with E-state index in [-0.39, 0.29) is 28.2 Å². The van der Waals surface area contributed by atoms with Crippen LogP contribution < -0.4 is 0 Å². The molecule has 258 valence electrons. The Morgan fingerprint density at radius 1 is 0.462 bits per heavy atom. The quantitative estimate of drug-likeness (QED) is 0.129. The molecule has 8 rings (SSSR count). The molecule has 0 spiro atoms. The highest BCUT2D eigenvalue weighted by Crippen LogP contribution is 2.47. The lowest BCUT2D eigenvalue weighted by atomic mass is 9.97. The third-order valence-corrected chi connectivity index (χ3v) is 9.72. The van der Waals surface area contributed by atoms with Gasteiger partial charge in [0.05, 0.1) is 40.0 Å². The Balaban J connectivity index is 1.61. The van der Waals surface area contributed by atoms with Gasteiger partial charge in [-0.2, -0.15) is 26.3 Å². The van der Waals surface area contributed by atoms with Gasteiger partial charge in [0.15, 0.2) is 5.69 Å². The Morgan fingerprint density at radius 2 is 0.827 bits per heavy atom. The van der Waals surface area contributed by atoms with Gasteiger partial charge < -0.3 is 9.13 Å². The first-order valence-corrected chi connectivity index (χ1v) is 16.5. The fraction of sp³-hybridized carbons (Fsp3) is 0.140. The van der Waals surface area contributed by atoms with E-state index in [1.165, 1.54) is 18.2 Å². The van der Waals surface area contributed by atoms with E-state index in [1.54, 1.807) is 33.4 Å². The van der Waals surface area contributed by atoms with Gasteiger partial charge in [-0.1, -0.05) is 46.5 Å². The van der Waals surface area contributed by atoms with E-state index in [0.717, 1.165) is 55.9 Å². The van der Waals surface area contributed by atoms with Gasteiger partial charge in [0, 0.05) is 27.1 Å². The maximum Gasteiger partial charge on any atom is 0.420 e. The molecule has 0 saturated heterocycles. The van der Waals surface area contributed by atoms with Gasteiger partial charge in [0.2, 0.25) is 0 Å². The number of nitrogens with zero attached hydrogens (tertiary/aromatic N) is 3. The van der Waals surface area contributed by atoms with Gasteiger partial charge in [-0.3, -0.25) is 0 Å². The molecule has 0 saturated carbocycles. The first-order valence-electron chi connectivity index (χ1n) is 16.5. The van der Waals surface area contributed by atoms with Gasteiger partial charge in [-0.25, -0.2) is 4.85 Å². The third-order valence-electron chi connectivity index (χ3n) is 9.72. The molecule has 52 heavy (non-hydrogen) atoms. The van der Waals surface area contributed by atoms with Crippen LogP contribution in [0, 0.1) is 34.3 Å². The van der Waals surface area contributed by atoms with Gasteiger partial charge in [0.1, 0.15) is 5.56 Å². The molecular formula is C43H29F6N3. The van der Waals surface area contributed by atoms with Crippen LogP contribution in [0.3, 0.4) is 0 Å². The molecule has 2 aromatic heterocycles. The second-order valence-electron chi connectivity index (χ2n) is 13.5. The predicted molar refractivity (Wildman–Crippen MR) is 196 cm³/mol. The normalized spacial score (nSPS) is 12.4. The van der Waals surface area contributed by atoms with Crippen molar-refractivity contribution in [2.45, 2.75) is 40.0 Å². The summed E-state index contributed by atoms with van der Waals surface area (Å²) in [4.78, 5) is 3.29. The highest BCUT2D eigenvalue weighted by molar-refractivity contribution is 6.11. The Labute approximate surface area is 294 Å². The van der Waals surface area contributed by atoms with Crippen LogP contribution in [0.25, 0.3) is 71.0 Å². The van der Waals surface area contributed by atoms with Crippen molar-refractivity contribution < 1.29 is 26.3 Å². The van der Waals surface area contributed by atoms with Gasteiger partial charge in [0.25, 0.3) is 0 Å². The Morgan fingerprint density at radius 3 is 1.15 bits per heavy atom. The van der Waals surface area contributed by atoms with Gasteiger partial charge in [-0.05, 0) is 118 Å². The van der Waals surface area contributed by atoms with Gasteiger partial charge in [-0.15, -0.1) is 0 Å². The topological polar surface area (TPSA) is 14.2 Å². The van der Waals surface area contributed by atoms with Crippen molar-refractivity contribution in [3.05, 3.63) is 148 Å². The van der Waals surface area contributed by atoms with E-state index in [0.29, 0.717) is 22.1 Å². The largest absolute Gasteiger partial charge is 0.420 e. The number of fused-ring (bicyclic) bond motifs is 6. The summed E-state index contributed by atoms with van der Waals surface area (Å²) >= 11 is 0. The van der Waals surface area contributed by atoms with Crippen molar-refractivity contribution in [2.24, 2.45) is 0 Å². The summed E-state index contributed by atoms with van der Waals surface area (Å²) in [5, 5.41) is 2.99. The number of rotatable bonds is 3. The molecule has 0 bridgehead atoms. The number of benzene rings is 6. The lowest BCUT2D eigenvalue weighted by Gasteiger charge is -2.23. The molecule has 0 N–H and O–H groups in total. The average Bonchev–Trinajstić information content (AvgIpc) is 3.57. The predicted octanol–water partition coefficient (Wildman–Crippen LogP) is 13.4. The number of hydrogen-bond acceptors (Lipinski definition) is 0. The zero-order valence-corrected chi connectivity index (χ0v) is 28.4. The van der Waals surface area contributed by atoms with Crippen LogP contribution in [-0.4, -0.2) is 9.13 Å². The zero-order valence-electron chi connectivity index (χ0n) is 28.4. The molecule has 0 atom stereocenters. The van der Waals surface area contributed by atoms with E-state index in [1.807, 2.05) is 76.2 Å². The Kier molecular flexibility index (Phi) is 7.33. The molecule has 8 aromatic rings. The standard InChI is InChI=1S/C43H29F6N3/c1-23-6-10-35-31(14-23)32-15-24(2)7-11-36(32)51(35)39-20-28(27-18-29(42(44,45)46)22-30(19-27)50-5)21-40(41(39)43(47,48)49)52-37-12-8-25(3)16-33(37)34-17-26(4)9-13-38(34)52/h6-22H,1-4H3. The van der Waals surface area contributed by atoms with Crippen molar-refractivity contribution >= 4 is 49.3 Å². The minimum absolute atomic E-state index is 0.0306. The molecule has 2 heterocycles. The summed E-state index contributed by atoms with van der Waals surface area (Å²) in [7, 11) is 0. The van der Waals surface area contributed by atoms with Crippen molar-refractivity contribution in [3.63, 3.8) is 0 Å². The SMILES string of the molecule is [C-]#[N+]c1cc(-c2cc(-n3c4ccc(C)cc4c4cc(C)ccc43)c(C(F)(F)F)c(-n3c4ccc(C)cc4c4cc(C)ccc43)c2)cc(C(F)(F)F)c1. The van der Waals surface area contributed by atoms with Crippen molar-refractivity contribution in [1.29, 1.82) is 0 Å². The van der Waals surface area contributed by atoms with E-state index >= 15 is 13.2 Å². The van der Waals surface area contributed by atoms with E-state index in [9.17, 15) is 13.2 Å². The van der Waals surface area contributed by atoms with Crippen molar-refractivity contribution in [1.82, 2.24) is 9.13 Å². The summed E-state index contributed by atoms with van der Waals surface area (Å²) in [6.45, 7) is 15.2. The van der Waals surface area contributed by atoms with Crippen LogP contribution in [0.1, 0.15) is 33.4 Å². The maximum absolute atomic E-state index is 16.0. The average molecular weight is 702 g/mol. The highest BCUT2D eigenvalue weighted by atomic mass is 19.4. The van der Waals surface area contributed by atoms with Crippen molar-refractivity contribution in [3.8, 4) is 22.5 Å². The molecular weight excluding hydrogens is 672 g/mol. The molecule has 0 radical (unpaired) electrons. The van der Waals surface area contributed by atoms with E-state index < -0.39 is 23.5 Å². The van der Waals surface area contributed by atoms with Crippen LogP contribution >= 0.6 is 0 Å². The summed E-state index contributed by atoms with van der Waals surface area (Å²) in [6, 6.07) is 27.7. The fourth-order valence-corrected chi connectivity index (χ4v) is 7.45. The van der Waals surface area contributed by atoms with Crippen LogP contribution in [0.5, 0.6) is 0 Å². The molecule has 0 fully saturated rings. The summed E-state index contributed by atoms with van der Waals surface area (Å²) in [6.07, 6.45) is -9.71. The maximum atomic E-state index is 16.0. The number of halogens is 6. The molecule has 0 aliphatic rings. The third kappa shape index (κ3) is 5.29. The van der Waals surface area contributed by atoms with Crippen LogP contribution in [0.15, 0.2) is 103 Å². The Bertz CT molecular complexity index is 2560. The molecule has 0 amide bonds. The molecule has 0 unspecified atom stereocenters. The second-order valence-corrected chi connectivity index (χ2v) is 13.5. The number of aromatic nitrogens is 2. The van der Waals surface area contributed by atoms with Crippen molar-refractivity contribution in [2.75, 3.05) is 0 Å². The monoisotopic (exact) mass is 701 g/mol. The summed E-state index contributed by atoms with van der Waals surface area (Å²) < 4.78 is 93.7. The fourth-order valence-electron chi connectivity index (χ4n) is 7.45. The van der Waals surface area contributed by atoms with E-state index in [4.69, 9.17) is 6.57 Å². The number of aryl methyl sites for hydroxylation is 4. The second kappa shape index (κ2) is 11.5. The molecule has 6 aromatic carbocycles. The van der Waals surface area contributed by atoms with Crippen LogP contribution in [0.2, 0.25) is 0 Å². The van der Waals surface area contributed by atoms with Crippen LogP contribution in [0.4, 0.5) is 32.0 Å². The minimum atomic E-state index is -4.92. The lowest BCUT2D eigenvalue weighted by molar-refractivity contribution is -0.138. The molecule has 0 aliphatic carbocycles. The molecule has 9 heteroatoms. The molecule has 0 aliphatic heterocycles. The lowest BCUT2D eigenvalue weighted by Crippen LogP contribution is -2.16. The minimum Gasteiger partial charge on any atom is -0.309 e. The Hall–Kier alpha value is -6.01. The number of hydrogen-bond donors (Lipinski definition) is 0. The smallest absolute Gasteiger partial charge is 0.309 e. The van der Waals surface area contributed by atoms with Crippen LogP contribution in [-0.2, 0) is 12.4 Å². The van der Waals surface area contributed by atoms with E-state index in [2.05, 4.69) is 4.85 Å². The zero-order chi connectivity index (χ0) is 36.9. The first kappa shape index (κ1) is 33.2. The first-order chi connectivity index (χ1) is 24.6. The molecule has 3 nitrogen and oxygen atoms in total.